The lowest BCUT2D eigenvalue weighted by molar-refractivity contribution is 0.210. The smallest absolute Gasteiger partial charge is 0.207 e. The summed E-state index contributed by atoms with van der Waals surface area (Å²) in [5.41, 5.74) is 2.30. The van der Waals surface area contributed by atoms with Gasteiger partial charge in [0.05, 0.1) is 12.3 Å². The molecule has 0 spiro atoms. The molecule has 5 heteroatoms. The summed E-state index contributed by atoms with van der Waals surface area (Å²) in [6, 6.07) is 6.13. The van der Waals surface area contributed by atoms with Gasteiger partial charge in [0.25, 0.3) is 0 Å². The highest BCUT2D eigenvalue weighted by atomic mass is 79.9. The van der Waals surface area contributed by atoms with Crippen molar-refractivity contribution in [1.82, 2.24) is 9.55 Å². The Hall–Kier alpha value is -1.33. The first kappa shape index (κ1) is 13.1. The minimum atomic E-state index is 0.657. The molecule has 1 heterocycles. The fraction of sp³-hybridized carbons (Fsp3) is 0.308. The second-order valence-corrected chi connectivity index (χ2v) is 4.78. The average molecular weight is 310 g/mol. The highest BCUT2D eigenvalue weighted by molar-refractivity contribution is 9.10. The summed E-state index contributed by atoms with van der Waals surface area (Å²) in [5.74, 6) is 0.827. The molecule has 1 aromatic carbocycles. The number of ether oxygens (including phenoxy) is 1. The van der Waals surface area contributed by atoms with Gasteiger partial charge in [0.15, 0.2) is 0 Å². The number of rotatable bonds is 5. The number of aromatic nitrogens is 2. The maximum atomic E-state index is 5.02. The summed E-state index contributed by atoms with van der Waals surface area (Å²) < 4.78 is 8.15. The van der Waals surface area contributed by atoms with E-state index in [1.807, 2.05) is 22.9 Å². The van der Waals surface area contributed by atoms with Crippen molar-refractivity contribution in [1.29, 1.82) is 0 Å². The number of imidazole rings is 1. The van der Waals surface area contributed by atoms with Crippen LogP contribution in [0.1, 0.15) is 5.56 Å². The highest BCUT2D eigenvalue weighted by Gasteiger charge is 2.08. The molecule has 0 aliphatic rings. The summed E-state index contributed by atoms with van der Waals surface area (Å²) in [6.07, 6.45) is 3.74. The van der Waals surface area contributed by atoms with Gasteiger partial charge in [-0.1, -0.05) is 22.0 Å². The number of benzene rings is 1. The predicted octanol–water partition coefficient (Wildman–Crippen LogP) is 3.00. The van der Waals surface area contributed by atoms with Crippen LogP contribution in [0.25, 0.3) is 5.69 Å². The van der Waals surface area contributed by atoms with Crippen LogP contribution in [-0.2, 0) is 4.74 Å². The SMILES string of the molecule is COCCNc1nccn1-c1cccc(Br)c1C. The Morgan fingerprint density at radius 3 is 3.06 bits per heavy atom. The van der Waals surface area contributed by atoms with Gasteiger partial charge in [-0.05, 0) is 24.6 Å². The van der Waals surface area contributed by atoms with Gasteiger partial charge in [-0.25, -0.2) is 4.98 Å². The minimum Gasteiger partial charge on any atom is -0.383 e. The Kier molecular flexibility index (Phi) is 4.38. The van der Waals surface area contributed by atoms with Crippen LogP contribution in [0.3, 0.4) is 0 Å². The third-order valence-corrected chi connectivity index (χ3v) is 3.59. The maximum Gasteiger partial charge on any atom is 0.207 e. The number of nitrogens with one attached hydrogen (secondary N) is 1. The van der Waals surface area contributed by atoms with Gasteiger partial charge >= 0.3 is 0 Å². The van der Waals surface area contributed by atoms with Gasteiger partial charge in [-0.15, -0.1) is 0 Å². The zero-order valence-electron chi connectivity index (χ0n) is 10.5. The van der Waals surface area contributed by atoms with Crippen molar-refractivity contribution < 1.29 is 4.74 Å². The molecular weight excluding hydrogens is 294 g/mol. The topological polar surface area (TPSA) is 39.1 Å². The van der Waals surface area contributed by atoms with Crippen LogP contribution in [0.5, 0.6) is 0 Å². The van der Waals surface area contributed by atoms with Gasteiger partial charge in [0.2, 0.25) is 5.95 Å². The lowest BCUT2D eigenvalue weighted by Crippen LogP contribution is -2.12. The van der Waals surface area contributed by atoms with E-state index in [1.54, 1.807) is 13.3 Å². The first-order chi connectivity index (χ1) is 8.74. The number of hydrogen-bond donors (Lipinski definition) is 1. The van der Waals surface area contributed by atoms with E-state index in [-0.39, 0.29) is 0 Å². The van der Waals surface area contributed by atoms with Gasteiger partial charge < -0.3 is 10.1 Å². The largest absolute Gasteiger partial charge is 0.383 e. The normalized spacial score (nSPS) is 10.6. The number of anilines is 1. The first-order valence-corrected chi connectivity index (χ1v) is 6.55. The van der Waals surface area contributed by atoms with Crippen molar-refractivity contribution in [2.24, 2.45) is 0 Å². The second-order valence-electron chi connectivity index (χ2n) is 3.92. The molecule has 4 nitrogen and oxygen atoms in total. The van der Waals surface area contributed by atoms with Gasteiger partial charge in [-0.2, -0.15) is 0 Å². The van der Waals surface area contributed by atoms with Crippen LogP contribution < -0.4 is 5.32 Å². The first-order valence-electron chi connectivity index (χ1n) is 5.75. The summed E-state index contributed by atoms with van der Waals surface area (Å²) in [5, 5.41) is 3.25. The Balaban J connectivity index is 2.28. The van der Waals surface area contributed by atoms with E-state index in [4.69, 9.17) is 4.74 Å². The van der Waals surface area contributed by atoms with Crippen LogP contribution in [0.4, 0.5) is 5.95 Å². The van der Waals surface area contributed by atoms with Crippen LogP contribution in [0.15, 0.2) is 35.1 Å². The summed E-state index contributed by atoms with van der Waals surface area (Å²) in [7, 11) is 1.69. The lowest BCUT2D eigenvalue weighted by atomic mass is 10.2. The molecule has 1 aromatic heterocycles. The third-order valence-electron chi connectivity index (χ3n) is 2.73. The van der Waals surface area contributed by atoms with E-state index < -0.39 is 0 Å². The van der Waals surface area contributed by atoms with E-state index in [2.05, 4.69) is 39.2 Å². The molecule has 0 saturated heterocycles. The van der Waals surface area contributed by atoms with E-state index in [9.17, 15) is 0 Å². The van der Waals surface area contributed by atoms with E-state index >= 15 is 0 Å². The third kappa shape index (κ3) is 2.73. The molecule has 0 amide bonds. The molecule has 0 unspecified atom stereocenters. The number of methoxy groups -OCH3 is 1. The molecule has 0 fully saturated rings. The van der Waals surface area contributed by atoms with Gasteiger partial charge in [0.1, 0.15) is 0 Å². The monoisotopic (exact) mass is 309 g/mol. The van der Waals surface area contributed by atoms with Crippen LogP contribution >= 0.6 is 15.9 Å². The van der Waals surface area contributed by atoms with E-state index in [0.717, 1.165) is 22.7 Å². The lowest BCUT2D eigenvalue weighted by Gasteiger charge is -2.12. The number of halogens is 1. The molecule has 0 radical (unpaired) electrons. The number of nitrogens with zero attached hydrogens (tertiary/aromatic N) is 2. The fourth-order valence-electron chi connectivity index (χ4n) is 1.75. The summed E-state index contributed by atoms with van der Waals surface area (Å²) in [4.78, 5) is 4.32. The zero-order valence-corrected chi connectivity index (χ0v) is 12.1. The molecule has 0 aliphatic carbocycles. The molecule has 96 valence electrons. The van der Waals surface area contributed by atoms with Crippen molar-refractivity contribution in [2.45, 2.75) is 6.92 Å². The minimum absolute atomic E-state index is 0.657. The van der Waals surface area contributed by atoms with Crippen LogP contribution in [-0.4, -0.2) is 29.8 Å². The average Bonchev–Trinajstić information content (AvgIpc) is 2.81. The van der Waals surface area contributed by atoms with Crippen LogP contribution in [0, 0.1) is 6.92 Å². The standard InChI is InChI=1S/C13H16BrN3O/c1-10-11(14)4-3-5-12(10)17-8-6-15-13(17)16-7-9-18-2/h3-6,8H,7,9H2,1-2H3,(H,15,16). The predicted molar refractivity (Wildman–Crippen MR) is 76.4 cm³/mol. The van der Waals surface area contributed by atoms with E-state index in [1.165, 1.54) is 5.56 Å². The number of hydrogen-bond acceptors (Lipinski definition) is 3. The van der Waals surface area contributed by atoms with Crippen molar-refractivity contribution >= 4 is 21.9 Å². The molecule has 0 saturated carbocycles. The quantitative estimate of drug-likeness (QED) is 0.863. The molecular formula is C13H16BrN3O. The van der Waals surface area contributed by atoms with Gasteiger partial charge in [-0.3, -0.25) is 4.57 Å². The van der Waals surface area contributed by atoms with Gasteiger partial charge in [0, 0.05) is 30.5 Å². The maximum absolute atomic E-state index is 5.02. The Bertz CT molecular complexity index is 525. The zero-order chi connectivity index (χ0) is 13.0. The van der Waals surface area contributed by atoms with E-state index in [0.29, 0.717) is 6.61 Å². The Morgan fingerprint density at radius 1 is 1.44 bits per heavy atom. The Labute approximate surface area is 115 Å². The summed E-state index contributed by atoms with van der Waals surface area (Å²) in [6.45, 7) is 3.48. The molecule has 18 heavy (non-hydrogen) atoms. The van der Waals surface area contributed by atoms with Crippen molar-refractivity contribution in [3.63, 3.8) is 0 Å². The molecule has 0 atom stereocenters. The fourth-order valence-corrected chi connectivity index (χ4v) is 2.11. The summed E-state index contributed by atoms with van der Waals surface area (Å²) >= 11 is 3.55. The van der Waals surface area contributed by atoms with Crippen LogP contribution in [0.2, 0.25) is 0 Å². The molecule has 0 aliphatic heterocycles. The second kappa shape index (κ2) is 6.02. The molecule has 1 N–H and O–H groups in total. The highest BCUT2D eigenvalue weighted by Crippen LogP contribution is 2.24. The van der Waals surface area contributed by atoms with Crippen molar-refractivity contribution in [2.75, 3.05) is 25.6 Å². The van der Waals surface area contributed by atoms with Crippen molar-refractivity contribution in [3.05, 3.63) is 40.6 Å². The van der Waals surface area contributed by atoms with Crippen molar-refractivity contribution in [3.8, 4) is 5.69 Å². The Morgan fingerprint density at radius 2 is 2.28 bits per heavy atom. The molecule has 0 bridgehead atoms. The molecule has 2 rings (SSSR count). The molecule has 2 aromatic rings.